The standard InChI is InChI=1S/C21H27BrN2O3/c1-5-10-27-20-18(22)11-17(12-19(20)26-4)21(25)23-13-15-6-8-16(9-7-15)14-24(2)3/h6-9,11-12H,5,10,13-14H2,1-4H3,(H,23,25). The van der Waals surface area contributed by atoms with E-state index in [2.05, 4.69) is 38.3 Å². The number of hydrogen-bond donors (Lipinski definition) is 1. The Kier molecular flexibility index (Phi) is 8.13. The molecule has 0 spiro atoms. The second-order valence-electron chi connectivity index (χ2n) is 6.57. The first-order valence-electron chi connectivity index (χ1n) is 8.95. The predicted octanol–water partition coefficient (Wildman–Crippen LogP) is 4.24. The average molecular weight is 435 g/mol. The first kappa shape index (κ1) is 21.3. The van der Waals surface area contributed by atoms with Crippen LogP contribution in [0.5, 0.6) is 11.5 Å². The Balaban J connectivity index is 2.04. The normalized spacial score (nSPS) is 10.7. The molecule has 0 fully saturated rings. The van der Waals surface area contributed by atoms with Gasteiger partial charge in [0.15, 0.2) is 11.5 Å². The van der Waals surface area contributed by atoms with Crippen LogP contribution in [0.25, 0.3) is 0 Å². The highest BCUT2D eigenvalue weighted by Crippen LogP contribution is 2.36. The third kappa shape index (κ3) is 6.26. The number of ether oxygens (including phenoxy) is 2. The van der Waals surface area contributed by atoms with Crippen molar-refractivity contribution in [3.8, 4) is 11.5 Å². The highest BCUT2D eigenvalue weighted by molar-refractivity contribution is 9.10. The molecule has 6 heteroatoms. The van der Waals surface area contributed by atoms with Gasteiger partial charge < -0.3 is 19.7 Å². The molecule has 0 aliphatic heterocycles. The molecule has 0 aliphatic rings. The van der Waals surface area contributed by atoms with Crippen molar-refractivity contribution in [1.29, 1.82) is 0 Å². The smallest absolute Gasteiger partial charge is 0.251 e. The monoisotopic (exact) mass is 434 g/mol. The van der Waals surface area contributed by atoms with Gasteiger partial charge >= 0.3 is 0 Å². The SMILES string of the molecule is CCCOc1c(Br)cc(C(=O)NCc2ccc(CN(C)C)cc2)cc1OC. The number of carbonyl (C=O) groups is 1. The van der Waals surface area contributed by atoms with Gasteiger partial charge in [-0.1, -0.05) is 31.2 Å². The lowest BCUT2D eigenvalue weighted by molar-refractivity contribution is 0.0950. The lowest BCUT2D eigenvalue weighted by Crippen LogP contribution is -2.23. The van der Waals surface area contributed by atoms with Crippen LogP contribution in [0.15, 0.2) is 40.9 Å². The fraction of sp³-hybridized carbons (Fsp3) is 0.381. The van der Waals surface area contributed by atoms with Crippen molar-refractivity contribution in [2.75, 3.05) is 27.8 Å². The lowest BCUT2D eigenvalue weighted by Gasteiger charge is -2.14. The van der Waals surface area contributed by atoms with Gasteiger partial charge in [-0.3, -0.25) is 4.79 Å². The molecule has 0 atom stereocenters. The van der Waals surface area contributed by atoms with E-state index < -0.39 is 0 Å². The number of nitrogens with zero attached hydrogens (tertiary/aromatic N) is 1. The molecule has 27 heavy (non-hydrogen) atoms. The second kappa shape index (κ2) is 10.3. The minimum absolute atomic E-state index is 0.159. The molecule has 0 aliphatic carbocycles. The van der Waals surface area contributed by atoms with E-state index in [-0.39, 0.29) is 5.91 Å². The van der Waals surface area contributed by atoms with E-state index >= 15 is 0 Å². The fourth-order valence-electron chi connectivity index (χ4n) is 2.61. The van der Waals surface area contributed by atoms with E-state index in [1.165, 1.54) is 5.56 Å². The van der Waals surface area contributed by atoms with Crippen LogP contribution in [0.3, 0.4) is 0 Å². The van der Waals surface area contributed by atoms with Crippen molar-refractivity contribution in [3.05, 3.63) is 57.6 Å². The van der Waals surface area contributed by atoms with Gasteiger partial charge in [0.1, 0.15) is 0 Å². The van der Waals surface area contributed by atoms with E-state index in [0.29, 0.717) is 34.7 Å². The summed E-state index contributed by atoms with van der Waals surface area (Å²) in [5.41, 5.74) is 2.82. The van der Waals surface area contributed by atoms with Crippen molar-refractivity contribution in [1.82, 2.24) is 10.2 Å². The third-order valence-electron chi connectivity index (χ3n) is 3.92. The summed E-state index contributed by atoms with van der Waals surface area (Å²) in [7, 11) is 5.65. The highest BCUT2D eigenvalue weighted by Gasteiger charge is 2.15. The molecule has 0 heterocycles. The number of amides is 1. The number of halogens is 1. The maximum absolute atomic E-state index is 12.5. The van der Waals surface area contributed by atoms with Gasteiger partial charge in [0.05, 0.1) is 18.2 Å². The van der Waals surface area contributed by atoms with Gasteiger partial charge in [0.2, 0.25) is 0 Å². The summed E-state index contributed by atoms with van der Waals surface area (Å²) in [5.74, 6) is 0.997. The largest absolute Gasteiger partial charge is 0.493 e. The number of nitrogens with one attached hydrogen (secondary N) is 1. The van der Waals surface area contributed by atoms with Crippen LogP contribution < -0.4 is 14.8 Å². The Bertz CT molecular complexity index is 761. The summed E-state index contributed by atoms with van der Waals surface area (Å²) < 4.78 is 11.8. The minimum Gasteiger partial charge on any atom is -0.493 e. The van der Waals surface area contributed by atoms with Crippen LogP contribution in [0.1, 0.15) is 34.8 Å². The molecule has 5 nitrogen and oxygen atoms in total. The summed E-state index contributed by atoms with van der Waals surface area (Å²) in [6.45, 7) is 3.99. The van der Waals surface area contributed by atoms with Crippen molar-refractivity contribution in [2.24, 2.45) is 0 Å². The first-order chi connectivity index (χ1) is 12.9. The number of hydrogen-bond acceptors (Lipinski definition) is 4. The molecule has 0 bridgehead atoms. The fourth-order valence-corrected chi connectivity index (χ4v) is 3.16. The molecule has 0 saturated carbocycles. The zero-order valence-corrected chi connectivity index (χ0v) is 17.9. The molecule has 2 aromatic carbocycles. The van der Waals surface area contributed by atoms with Gasteiger partial charge in [-0.25, -0.2) is 0 Å². The van der Waals surface area contributed by atoms with E-state index in [0.717, 1.165) is 18.5 Å². The van der Waals surface area contributed by atoms with Crippen molar-refractivity contribution in [2.45, 2.75) is 26.4 Å². The topological polar surface area (TPSA) is 50.8 Å². The van der Waals surface area contributed by atoms with E-state index in [1.54, 1.807) is 19.2 Å². The Morgan fingerprint density at radius 2 is 1.81 bits per heavy atom. The summed E-state index contributed by atoms with van der Waals surface area (Å²) in [5, 5.41) is 2.95. The van der Waals surface area contributed by atoms with Crippen LogP contribution in [0.4, 0.5) is 0 Å². The summed E-state index contributed by atoms with van der Waals surface area (Å²) in [6.07, 6.45) is 0.894. The van der Waals surface area contributed by atoms with Gasteiger partial charge in [0.25, 0.3) is 5.91 Å². The van der Waals surface area contributed by atoms with Crippen molar-refractivity contribution >= 4 is 21.8 Å². The molecule has 0 unspecified atom stereocenters. The lowest BCUT2D eigenvalue weighted by atomic mass is 10.1. The van der Waals surface area contributed by atoms with Crippen LogP contribution in [-0.2, 0) is 13.1 Å². The van der Waals surface area contributed by atoms with Crippen LogP contribution in [0.2, 0.25) is 0 Å². The van der Waals surface area contributed by atoms with Gasteiger partial charge in [-0.15, -0.1) is 0 Å². The average Bonchev–Trinajstić information content (AvgIpc) is 2.65. The molecular formula is C21H27BrN2O3. The molecule has 0 aromatic heterocycles. The Morgan fingerprint density at radius 1 is 1.15 bits per heavy atom. The number of rotatable bonds is 9. The Morgan fingerprint density at radius 3 is 2.41 bits per heavy atom. The van der Waals surface area contributed by atoms with E-state index in [1.807, 2.05) is 33.2 Å². The van der Waals surface area contributed by atoms with Crippen LogP contribution in [0, 0.1) is 0 Å². The zero-order valence-electron chi connectivity index (χ0n) is 16.3. The van der Waals surface area contributed by atoms with Gasteiger partial charge in [-0.05, 0) is 59.7 Å². The Hall–Kier alpha value is -2.05. The number of benzene rings is 2. The molecule has 146 valence electrons. The molecule has 0 saturated heterocycles. The molecule has 1 amide bonds. The van der Waals surface area contributed by atoms with Crippen molar-refractivity contribution < 1.29 is 14.3 Å². The molecular weight excluding hydrogens is 408 g/mol. The summed E-state index contributed by atoms with van der Waals surface area (Å²) >= 11 is 3.47. The number of carbonyl (C=O) groups excluding carboxylic acids is 1. The molecule has 0 radical (unpaired) electrons. The van der Waals surface area contributed by atoms with E-state index in [9.17, 15) is 4.79 Å². The van der Waals surface area contributed by atoms with Crippen molar-refractivity contribution in [3.63, 3.8) is 0 Å². The van der Waals surface area contributed by atoms with E-state index in [4.69, 9.17) is 9.47 Å². The van der Waals surface area contributed by atoms with Crippen LogP contribution in [-0.4, -0.2) is 38.6 Å². The maximum Gasteiger partial charge on any atom is 0.251 e. The molecule has 2 aromatic rings. The summed E-state index contributed by atoms with van der Waals surface area (Å²) in [4.78, 5) is 14.7. The molecule has 1 N–H and O–H groups in total. The zero-order chi connectivity index (χ0) is 19.8. The second-order valence-corrected chi connectivity index (χ2v) is 7.43. The highest BCUT2D eigenvalue weighted by atomic mass is 79.9. The Labute approximate surface area is 169 Å². The quantitative estimate of drug-likeness (QED) is 0.640. The van der Waals surface area contributed by atoms with Crippen LogP contribution >= 0.6 is 15.9 Å². The summed E-state index contributed by atoms with van der Waals surface area (Å²) in [6, 6.07) is 11.7. The van der Waals surface area contributed by atoms with Gasteiger partial charge in [0, 0.05) is 18.7 Å². The predicted molar refractivity (Wildman–Crippen MR) is 111 cm³/mol. The minimum atomic E-state index is -0.159. The van der Waals surface area contributed by atoms with Gasteiger partial charge in [-0.2, -0.15) is 0 Å². The molecule has 2 rings (SSSR count). The first-order valence-corrected chi connectivity index (χ1v) is 9.75. The maximum atomic E-state index is 12.5. The third-order valence-corrected chi connectivity index (χ3v) is 4.51. The number of methoxy groups -OCH3 is 1.